The molecule has 3 rings (SSSR count). The smallest absolute Gasteiger partial charge is 0.204 e. The molecule has 0 unspecified atom stereocenters. The minimum atomic E-state index is -0.0596. The second kappa shape index (κ2) is 19.7. The van der Waals surface area contributed by atoms with Gasteiger partial charge in [-0.15, -0.1) is 0 Å². The van der Waals surface area contributed by atoms with Crippen LogP contribution in [0, 0.1) is 0 Å². The largest absolute Gasteiger partial charge is 0.396 e. The fraction of sp³-hybridized carbons (Fsp3) is 0.486. The minimum Gasteiger partial charge on any atom is -0.396 e. The molecule has 0 bridgehead atoms. The Labute approximate surface area is 252 Å². The van der Waals surface area contributed by atoms with Crippen molar-refractivity contribution in [1.29, 1.82) is 0 Å². The molecule has 0 saturated heterocycles. The van der Waals surface area contributed by atoms with E-state index in [0.29, 0.717) is 5.71 Å². The first-order valence-corrected chi connectivity index (χ1v) is 15.9. The highest BCUT2D eigenvalue weighted by Crippen LogP contribution is 2.27. The maximum atomic E-state index is 13.1. The highest BCUT2D eigenvalue weighted by Gasteiger charge is 2.22. The molecule has 0 amide bonds. The van der Waals surface area contributed by atoms with Gasteiger partial charge >= 0.3 is 0 Å². The highest BCUT2D eigenvalue weighted by molar-refractivity contribution is 6.51. The van der Waals surface area contributed by atoms with Crippen molar-refractivity contribution in [1.82, 2.24) is 0 Å². The number of anilines is 3. The van der Waals surface area contributed by atoms with E-state index in [9.17, 15) is 4.79 Å². The standard InChI is InChI=1S/C35H50N4O3/c1-2-3-8-13-32-33(38-30-18-14-28(15-19-30)36-24-9-4-6-11-26-40)22-23-34(42)35(32)39-31-20-16-29(17-21-31)37-25-10-5-7-12-27-41/h14-23,36-38,40-41H,2-13,24-27H2,1H3. The lowest BCUT2D eigenvalue weighted by Crippen LogP contribution is -2.22. The number of unbranched alkanes of at least 4 members (excludes halogenated alkanes) is 8. The van der Waals surface area contributed by atoms with Crippen molar-refractivity contribution in [2.24, 2.45) is 4.99 Å². The number of nitrogens with one attached hydrogen (secondary N) is 3. The van der Waals surface area contributed by atoms with Gasteiger partial charge in [-0.05, 0) is 99.2 Å². The summed E-state index contributed by atoms with van der Waals surface area (Å²) in [7, 11) is 0. The summed E-state index contributed by atoms with van der Waals surface area (Å²) >= 11 is 0. The second-order valence-electron chi connectivity index (χ2n) is 10.9. The zero-order valence-corrected chi connectivity index (χ0v) is 25.3. The number of ketones is 1. The Balaban J connectivity index is 1.67. The van der Waals surface area contributed by atoms with E-state index >= 15 is 0 Å². The number of aliphatic hydroxyl groups excluding tert-OH is 2. The van der Waals surface area contributed by atoms with E-state index in [-0.39, 0.29) is 19.0 Å². The summed E-state index contributed by atoms with van der Waals surface area (Å²) in [4.78, 5) is 17.9. The van der Waals surface area contributed by atoms with Crippen LogP contribution < -0.4 is 16.0 Å². The molecule has 0 spiro atoms. The van der Waals surface area contributed by atoms with Gasteiger partial charge in [0.15, 0.2) is 0 Å². The summed E-state index contributed by atoms with van der Waals surface area (Å²) in [6.45, 7) is 4.53. The third-order valence-electron chi connectivity index (χ3n) is 7.38. The summed E-state index contributed by atoms with van der Waals surface area (Å²) < 4.78 is 0. The van der Waals surface area contributed by atoms with Gasteiger partial charge in [-0.3, -0.25) is 4.79 Å². The first-order chi connectivity index (χ1) is 20.6. The molecule has 42 heavy (non-hydrogen) atoms. The lowest BCUT2D eigenvalue weighted by molar-refractivity contribution is -0.108. The Hall–Kier alpha value is -3.42. The topological polar surface area (TPSA) is 106 Å². The fourth-order valence-electron chi connectivity index (χ4n) is 4.92. The van der Waals surface area contributed by atoms with E-state index in [1.54, 1.807) is 6.08 Å². The van der Waals surface area contributed by atoms with Crippen molar-refractivity contribution >= 4 is 34.2 Å². The molecule has 1 aliphatic rings. The molecule has 0 saturated carbocycles. The predicted octanol–water partition coefficient (Wildman–Crippen LogP) is 7.77. The van der Waals surface area contributed by atoms with Crippen LogP contribution in [0.3, 0.4) is 0 Å². The van der Waals surface area contributed by atoms with Gasteiger partial charge in [0.1, 0.15) is 5.71 Å². The Morgan fingerprint density at radius 3 is 1.76 bits per heavy atom. The zero-order valence-electron chi connectivity index (χ0n) is 25.3. The number of aliphatic hydroxyl groups is 2. The molecule has 7 nitrogen and oxygen atoms in total. The molecule has 2 aromatic carbocycles. The van der Waals surface area contributed by atoms with Crippen LogP contribution >= 0.6 is 0 Å². The number of benzene rings is 2. The molecule has 0 atom stereocenters. The molecule has 5 N–H and O–H groups in total. The number of hydrogen-bond acceptors (Lipinski definition) is 7. The highest BCUT2D eigenvalue weighted by atomic mass is 16.3. The van der Waals surface area contributed by atoms with E-state index in [4.69, 9.17) is 15.2 Å². The maximum Gasteiger partial charge on any atom is 0.204 e. The Morgan fingerprint density at radius 1 is 0.643 bits per heavy atom. The Morgan fingerprint density at radius 2 is 1.19 bits per heavy atom. The number of rotatable bonds is 21. The summed E-state index contributed by atoms with van der Waals surface area (Å²) in [5.74, 6) is -0.0596. The fourth-order valence-corrected chi connectivity index (χ4v) is 4.92. The van der Waals surface area contributed by atoms with Crippen molar-refractivity contribution in [3.05, 3.63) is 72.0 Å². The van der Waals surface area contributed by atoms with Crippen molar-refractivity contribution in [2.45, 2.75) is 84.0 Å². The van der Waals surface area contributed by atoms with E-state index in [1.165, 1.54) is 0 Å². The lowest BCUT2D eigenvalue weighted by atomic mass is 9.93. The predicted molar refractivity (Wildman–Crippen MR) is 177 cm³/mol. The third kappa shape index (κ3) is 11.8. The monoisotopic (exact) mass is 574 g/mol. The molecule has 0 radical (unpaired) electrons. The lowest BCUT2D eigenvalue weighted by Gasteiger charge is -2.19. The number of allylic oxidation sites excluding steroid dienone is 3. The first-order valence-electron chi connectivity index (χ1n) is 15.9. The molecule has 7 heteroatoms. The van der Waals surface area contributed by atoms with Gasteiger partial charge in [0, 0.05) is 54.6 Å². The summed E-state index contributed by atoms with van der Waals surface area (Å²) in [6.07, 6.45) is 15.7. The van der Waals surface area contributed by atoms with Crippen LogP contribution in [0.1, 0.15) is 84.0 Å². The van der Waals surface area contributed by atoms with Crippen LogP contribution in [0.5, 0.6) is 0 Å². The third-order valence-corrected chi connectivity index (χ3v) is 7.38. The molecule has 228 valence electrons. The van der Waals surface area contributed by atoms with Gasteiger partial charge in [-0.2, -0.15) is 0 Å². The van der Waals surface area contributed by atoms with Crippen LogP contribution in [-0.2, 0) is 4.79 Å². The number of nitrogens with zero attached hydrogens (tertiary/aromatic N) is 1. The average Bonchev–Trinajstić information content (AvgIpc) is 3.01. The van der Waals surface area contributed by atoms with E-state index in [0.717, 1.165) is 124 Å². The van der Waals surface area contributed by atoms with Gasteiger partial charge in [-0.1, -0.05) is 45.4 Å². The Bertz CT molecular complexity index is 1150. The van der Waals surface area contributed by atoms with Crippen molar-refractivity contribution in [2.75, 3.05) is 42.3 Å². The van der Waals surface area contributed by atoms with Crippen molar-refractivity contribution in [3.8, 4) is 0 Å². The van der Waals surface area contributed by atoms with E-state index in [1.807, 2.05) is 30.3 Å². The molecular weight excluding hydrogens is 524 g/mol. The van der Waals surface area contributed by atoms with Crippen LogP contribution in [0.2, 0.25) is 0 Å². The molecule has 0 fully saturated rings. The van der Waals surface area contributed by atoms with Crippen LogP contribution in [-0.4, -0.2) is 48.0 Å². The van der Waals surface area contributed by atoms with Gasteiger partial charge in [0.2, 0.25) is 5.78 Å². The van der Waals surface area contributed by atoms with Gasteiger partial charge < -0.3 is 26.2 Å². The van der Waals surface area contributed by atoms with E-state index in [2.05, 4.69) is 47.1 Å². The van der Waals surface area contributed by atoms with Gasteiger partial charge in [-0.25, -0.2) is 4.99 Å². The molecule has 2 aromatic rings. The van der Waals surface area contributed by atoms with Crippen molar-refractivity contribution in [3.63, 3.8) is 0 Å². The second-order valence-corrected chi connectivity index (χ2v) is 10.9. The number of carbonyl (C=O) groups is 1. The molecular formula is C35H50N4O3. The molecule has 0 heterocycles. The zero-order chi connectivity index (χ0) is 29.8. The van der Waals surface area contributed by atoms with Crippen LogP contribution in [0.15, 0.2) is 76.9 Å². The molecule has 1 aliphatic carbocycles. The number of hydrogen-bond donors (Lipinski definition) is 5. The van der Waals surface area contributed by atoms with Gasteiger partial charge in [0.25, 0.3) is 0 Å². The minimum absolute atomic E-state index is 0.0596. The maximum absolute atomic E-state index is 13.1. The quantitative estimate of drug-likeness (QED) is 0.0770. The normalized spacial score (nSPS) is 14.1. The van der Waals surface area contributed by atoms with E-state index < -0.39 is 0 Å². The first kappa shape index (κ1) is 33.1. The summed E-state index contributed by atoms with van der Waals surface area (Å²) in [5, 5.41) is 28.3. The summed E-state index contributed by atoms with van der Waals surface area (Å²) in [6, 6.07) is 16.2. The Kier molecular flexibility index (Phi) is 15.5. The molecule has 0 aliphatic heterocycles. The average molecular weight is 575 g/mol. The van der Waals surface area contributed by atoms with Crippen LogP contribution in [0.4, 0.5) is 22.7 Å². The number of aliphatic imine (C=N–C) groups is 1. The summed E-state index contributed by atoms with van der Waals surface area (Å²) in [5.41, 5.74) is 6.26. The van der Waals surface area contributed by atoms with Crippen molar-refractivity contribution < 1.29 is 15.0 Å². The van der Waals surface area contributed by atoms with Gasteiger partial charge in [0.05, 0.1) is 5.69 Å². The van der Waals surface area contributed by atoms with Crippen LogP contribution in [0.25, 0.3) is 0 Å². The molecule has 0 aromatic heterocycles. The SMILES string of the molecule is CCCCCC1=C(Nc2ccc(NCCCCCCO)cc2)C=CC(=O)C1=Nc1ccc(NCCCCCCO)cc1. The number of carbonyl (C=O) groups excluding carboxylic acids is 1.